The lowest BCUT2D eigenvalue weighted by atomic mass is 10.1. The van der Waals surface area contributed by atoms with Crippen LogP contribution in [0.2, 0.25) is 0 Å². The summed E-state index contributed by atoms with van der Waals surface area (Å²) in [5, 5.41) is 10.0. The summed E-state index contributed by atoms with van der Waals surface area (Å²) in [6, 6.07) is 13.7. The van der Waals surface area contributed by atoms with Gasteiger partial charge in [0.25, 0.3) is 0 Å². The molecular formula is C31H38NO6+. The summed E-state index contributed by atoms with van der Waals surface area (Å²) in [6.45, 7) is 2.79. The van der Waals surface area contributed by atoms with Gasteiger partial charge in [-0.15, -0.1) is 0 Å². The number of benzene rings is 2. The number of hydrogen-bond acceptors (Lipinski definition) is 5. The third-order valence-corrected chi connectivity index (χ3v) is 6.39. The molecule has 0 unspecified atom stereocenters. The summed E-state index contributed by atoms with van der Waals surface area (Å²) in [5.74, 6) is 0.0608. The highest BCUT2D eigenvalue weighted by Crippen LogP contribution is 2.39. The number of carboxylic acids is 1. The number of hydrogen-bond donors (Lipinski definition) is 1. The Morgan fingerprint density at radius 1 is 0.895 bits per heavy atom. The normalized spacial score (nSPS) is 11.1. The molecule has 0 fully saturated rings. The van der Waals surface area contributed by atoms with Crippen LogP contribution in [0.25, 0.3) is 23.1 Å². The zero-order valence-electron chi connectivity index (χ0n) is 22.6. The number of aromatic nitrogens is 1. The SMILES string of the molecule is CCCCCCCC(=O)Oc1c(OC)cc(C=Cc2cc[n+](CCCC(=O)O)c3ccccc23)cc1OC. The molecule has 0 amide bonds. The molecule has 38 heavy (non-hydrogen) atoms. The Morgan fingerprint density at radius 2 is 1.61 bits per heavy atom. The Labute approximate surface area is 224 Å². The fourth-order valence-electron chi connectivity index (χ4n) is 4.37. The first-order chi connectivity index (χ1) is 18.5. The van der Waals surface area contributed by atoms with Gasteiger partial charge in [0, 0.05) is 25.0 Å². The molecule has 0 bridgehead atoms. The average Bonchev–Trinajstić information content (AvgIpc) is 2.92. The quantitative estimate of drug-likeness (QED) is 0.107. The van der Waals surface area contributed by atoms with Crippen LogP contribution in [0.4, 0.5) is 0 Å². The first kappa shape index (κ1) is 28.7. The van der Waals surface area contributed by atoms with Crippen molar-refractivity contribution in [3.63, 3.8) is 0 Å². The second-order valence-corrected chi connectivity index (χ2v) is 9.21. The lowest BCUT2D eigenvalue weighted by molar-refractivity contribution is -0.671. The van der Waals surface area contributed by atoms with E-state index in [0.29, 0.717) is 36.6 Å². The van der Waals surface area contributed by atoms with Crippen LogP contribution in [0.3, 0.4) is 0 Å². The van der Waals surface area contributed by atoms with Crippen LogP contribution in [-0.2, 0) is 16.1 Å². The van der Waals surface area contributed by atoms with E-state index in [1.165, 1.54) is 20.6 Å². The van der Waals surface area contributed by atoms with Crippen LogP contribution in [0, 0.1) is 0 Å². The molecule has 3 aromatic rings. The number of esters is 1. The van der Waals surface area contributed by atoms with E-state index in [0.717, 1.165) is 47.7 Å². The molecule has 0 spiro atoms. The van der Waals surface area contributed by atoms with Crippen molar-refractivity contribution in [2.75, 3.05) is 14.2 Å². The molecule has 1 N–H and O–H groups in total. The van der Waals surface area contributed by atoms with Crippen LogP contribution in [0.15, 0.2) is 48.7 Å². The van der Waals surface area contributed by atoms with Gasteiger partial charge in [0.05, 0.1) is 26.0 Å². The number of pyridine rings is 1. The van der Waals surface area contributed by atoms with Crippen molar-refractivity contribution in [3.8, 4) is 17.2 Å². The van der Waals surface area contributed by atoms with E-state index in [-0.39, 0.29) is 12.4 Å². The molecule has 0 aliphatic carbocycles. The van der Waals surface area contributed by atoms with E-state index in [1.807, 2.05) is 54.7 Å². The number of carbonyl (C=O) groups excluding carboxylic acids is 1. The third-order valence-electron chi connectivity index (χ3n) is 6.39. The summed E-state index contributed by atoms with van der Waals surface area (Å²) in [4.78, 5) is 23.4. The van der Waals surface area contributed by atoms with Gasteiger partial charge in [-0.1, -0.05) is 56.9 Å². The van der Waals surface area contributed by atoms with Gasteiger partial charge >= 0.3 is 11.9 Å². The van der Waals surface area contributed by atoms with Crippen LogP contribution in [0.5, 0.6) is 17.2 Å². The zero-order valence-corrected chi connectivity index (χ0v) is 22.6. The minimum atomic E-state index is -0.788. The maximum Gasteiger partial charge on any atom is 0.311 e. The summed E-state index contributed by atoms with van der Waals surface area (Å²) in [7, 11) is 3.08. The molecule has 0 aliphatic heterocycles. The fourth-order valence-corrected chi connectivity index (χ4v) is 4.37. The smallest absolute Gasteiger partial charge is 0.311 e. The molecule has 0 saturated heterocycles. The van der Waals surface area contributed by atoms with Crippen LogP contribution in [-0.4, -0.2) is 31.3 Å². The van der Waals surface area contributed by atoms with E-state index >= 15 is 0 Å². The predicted molar refractivity (Wildman–Crippen MR) is 148 cm³/mol. The molecule has 202 valence electrons. The Morgan fingerprint density at radius 3 is 2.29 bits per heavy atom. The molecule has 7 nitrogen and oxygen atoms in total. The number of carboxylic acid groups (broad SMARTS) is 1. The van der Waals surface area contributed by atoms with Gasteiger partial charge in [0.1, 0.15) is 6.54 Å². The number of para-hydroxylation sites is 1. The van der Waals surface area contributed by atoms with Crippen molar-refractivity contribution in [3.05, 3.63) is 59.8 Å². The summed E-state index contributed by atoms with van der Waals surface area (Å²) in [5.41, 5.74) is 2.89. The van der Waals surface area contributed by atoms with Crippen LogP contribution >= 0.6 is 0 Å². The summed E-state index contributed by atoms with van der Waals surface area (Å²) < 4.78 is 18.8. The van der Waals surface area contributed by atoms with Crippen LogP contribution < -0.4 is 18.8 Å². The first-order valence-corrected chi connectivity index (χ1v) is 13.2. The van der Waals surface area contributed by atoms with Crippen molar-refractivity contribution < 1.29 is 33.5 Å². The maximum atomic E-state index is 12.4. The molecule has 0 aliphatic rings. The van der Waals surface area contributed by atoms with Crippen LogP contribution in [0.1, 0.15) is 69.4 Å². The van der Waals surface area contributed by atoms with Gasteiger partial charge in [0.2, 0.25) is 11.3 Å². The van der Waals surface area contributed by atoms with Gasteiger partial charge in [-0.05, 0) is 35.7 Å². The number of nitrogens with zero attached hydrogens (tertiary/aromatic N) is 1. The first-order valence-electron chi connectivity index (χ1n) is 13.2. The Hall–Kier alpha value is -3.87. The van der Waals surface area contributed by atoms with Crippen molar-refractivity contribution in [2.45, 2.75) is 64.8 Å². The minimum absolute atomic E-state index is 0.136. The number of carbonyl (C=O) groups is 2. The standard InChI is InChI=1S/C31H37NO6/c1-4-5-6-7-8-15-30(35)38-31-27(36-2)21-23(22-28(31)37-3)16-17-24-18-20-32(19-11-14-29(33)34)26-13-10-9-12-25(24)26/h9-10,12-13,16-18,20-22H,4-8,11,14-15,19H2,1-3H3/p+1. The van der Waals surface area contributed by atoms with Gasteiger partial charge < -0.3 is 19.3 Å². The molecule has 1 aromatic heterocycles. The van der Waals surface area contributed by atoms with Crippen molar-refractivity contribution >= 4 is 35.0 Å². The molecule has 0 saturated carbocycles. The molecule has 3 rings (SSSR count). The summed E-state index contributed by atoms with van der Waals surface area (Å²) >= 11 is 0. The predicted octanol–water partition coefficient (Wildman–Crippen LogP) is 6.45. The molecular weight excluding hydrogens is 482 g/mol. The van der Waals surface area contributed by atoms with Gasteiger partial charge in [-0.2, -0.15) is 4.57 Å². The Bertz CT molecular complexity index is 1240. The number of aryl methyl sites for hydroxylation is 1. The van der Waals surface area contributed by atoms with Crippen molar-refractivity contribution in [2.24, 2.45) is 0 Å². The molecule has 0 atom stereocenters. The van der Waals surface area contributed by atoms with Crippen molar-refractivity contribution in [1.29, 1.82) is 0 Å². The lowest BCUT2D eigenvalue weighted by Gasteiger charge is -2.14. The number of rotatable bonds is 15. The highest BCUT2D eigenvalue weighted by molar-refractivity contribution is 5.89. The van der Waals surface area contributed by atoms with Gasteiger partial charge in [0.15, 0.2) is 17.7 Å². The third kappa shape index (κ3) is 8.07. The average molecular weight is 521 g/mol. The maximum absolute atomic E-state index is 12.4. The van der Waals surface area contributed by atoms with E-state index in [4.69, 9.17) is 19.3 Å². The minimum Gasteiger partial charge on any atom is -0.493 e. The van der Waals surface area contributed by atoms with Gasteiger partial charge in [-0.25, -0.2) is 0 Å². The molecule has 2 aromatic carbocycles. The van der Waals surface area contributed by atoms with E-state index < -0.39 is 5.97 Å². The van der Waals surface area contributed by atoms with Crippen molar-refractivity contribution in [1.82, 2.24) is 0 Å². The fraction of sp³-hybridized carbons (Fsp3) is 0.387. The van der Waals surface area contributed by atoms with Gasteiger partial charge in [-0.3, -0.25) is 9.59 Å². The van der Waals surface area contributed by atoms with E-state index in [9.17, 15) is 9.59 Å². The summed E-state index contributed by atoms with van der Waals surface area (Å²) in [6.07, 6.45) is 12.3. The highest BCUT2D eigenvalue weighted by Gasteiger charge is 2.18. The largest absolute Gasteiger partial charge is 0.493 e. The lowest BCUT2D eigenvalue weighted by Crippen LogP contribution is -2.34. The zero-order chi connectivity index (χ0) is 27.3. The second-order valence-electron chi connectivity index (χ2n) is 9.21. The Kier molecular flexibility index (Phi) is 11.1. The highest BCUT2D eigenvalue weighted by atomic mass is 16.6. The number of aliphatic carboxylic acids is 1. The number of fused-ring (bicyclic) bond motifs is 1. The second kappa shape index (κ2) is 14.8. The number of unbranched alkanes of at least 4 members (excludes halogenated alkanes) is 4. The monoisotopic (exact) mass is 520 g/mol. The number of ether oxygens (including phenoxy) is 3. The van der Waals surface area contributed by atoms with E-state index in [1.54, 1.807) is 0 Å². The van der Waals surface area contributed by atoms with E-state index in [2.05, 4.69) is 17.6 Å². The Balaban J connectivity index is 1.80. The molecule has 0 radical (unpaired) electrons. The topological polar surface area (TPSA) is 85.9 Å². The molecule has 7 heteroatoms. The number of methoxy groups -OCH3 is 2. The molecule has 1 heterocycles.